The molecule has 1 aliphatic heterocycles. The molecule has 150 valence electrons. The molecule has 0 fully saturated rings. The Bertz CT molecular complexity index is 984. The summed E-state index contributed by atoms with van der Waals surface area (Å²) in [5, 5.41) is 20.0. The molecule has 0 amide bonds. The van der Waals surface area contributed by atoms with Crippen molar-refractivity contribution in [2.75, 3.05) is 6.61 Å². The van der Waals surface area contributed by atoms with Gasteiger partial charge in [0.15, 0.2) is 0 Å². The van der Waals surface area contributed by atoms with Crippen molar-refractivity contribution in [3.05, 3.63) is 82.0 Å². The Morgan fingerprint density at radius 2 is 1.69 bits per heavy atom. The van der Waals surface area contributed by atoms with Gasteiger partial charge in [-0.2, -0.15) is 0 Å². The fraction of sp³-hybridized carbons (Fsp3) is 0.227. The molecular weight excluding hydrogens is 394 g/mol. The van der Waals surface area contributed by atoms with E-state index in [-0.39, 0.29) is 24.5 Å². The second-order valence-electron chi connectivity index (χ2n) is 6.71. The van der Waals surface area contributed by atoms with E-state index in [1.54, 1.807) is 31.2 Å². The maximum absolute atomic E-state index is 12.1. The standard InChI is InChI=1S/C22H20ClNO5/c1-13-18(21(25)26)19(15-9-5-6-10-16(15)23)20(22(27)28)17(24-13)12-29-11-14-7-3-2-4-8-14/h2-10,18-19H,11-12H2,1H3,(H,25,26)(H,27,28). The van der Waals surface area contributed by atoms with E-state index in [0.29, 0.717) is 16.3 Å². The zero-order valence-electron chi connectivity index (χ0n) is 15.7. The van der Waals surface area contributed by atoms with Crippen LogP contribution < -0.4 is 0 Å². The molecule has 2 atom stereocenters. The van der Waals surface area contributed by atoms with E-state index in [2.05, 4.69) is 4.99 Å². The third-order valence-corrected chi connectivity index (χ3v) is 5.15. The molecule has 29 heavy (non-hydrogen) atoms. The Labute approximate surface area is 173 Å². The number of benzene rings is 2. The summed E-state index contributed by atoms with van der Waals surface area (Å²) in [6, 6.07) is 16.1. The zero-order chi connectivity index (χ0) is 21.0. The normalized spacial score (nSPS) is 19.0. The van der Waals surface area contributed by atoms with E-state index in [9.17, 15) is 19.8 Å². The third-order valence-electron chi connectivity index (χ3n) is 4.80. The minimum atomic E-state index is -1.24. The quantitative estimate of drug-likeness (QED) is 0.710. The Kier molecular flexibility index (Phi) is 6.46. The van der Waals surface area contributed by atoms with Crippen LogP contribution in [0.2, 0.25) is 5.02 Å². The molecule has 1 heterocycles. The summed E-state index contributed by atoms with van der Waals surface area (Å²) >= 11 is 6.30. The van der Waals surface area contributed by atoms with Gasteiger partial charge in [-0.05, 0) is 24.1 Å². The topological polar surface area (TPSA) is 96.2 Å². The van der Waals surface area contributed by atoms with Crippen molar-refractivity contribution in [3.63, 3.8) is 0 Å². The second kappa shape index (κ2) is 9.03. The summed E-state index contributed by atoms with van der Waals surface area (Å²) in [5.41, 5.74) is 1.78. The van der Waals surface area contributed by atoms with E-state index in [0.717, 1.165) is 5.56 Å². The molecule has 2 aromatic carbocycles. The number of aliphatic imine (C=N–C) groups is 1. The van der Waals surface area contributed by atoms with Gasteiger partial charge < -0.3 is 14.9 Å². The summed E-state index contributed by atoms with van der Waals surface area (Å²) < 4.78 is 5.69. The van der Waals surface area contributed by atoms with Crippen LogP contribution in [0.4, 0.5) is 0 Å². The van der Waals surface area contributed by atoms with Gasteiger partial charge >= 0.3 is 11.9 Å². The average Bonchev–Trinajstić information content (AvgIpc) is 2.68. The average molecular weight is 414 g/mol. The van der Waals surface area contributed by atoms with Crippen LogP contribution in [0.15, 0.2) is 70.9 Å². The van der Waals surface area contributed by atoms with Crippen molar-refractivity contribution in [1.82, 2.24) is 0 Å². The molecule has 0 aliphatic carbocycles. The van der Waals surface area contributed by atoms with Gasteiger partial charge in [0.05, 0.1) is 24.5 Å². The number of carbonyl (C=O) groups is 2. The van der Waals surface area contributed by atoms with Crippen LogP contribution in [0.1, 0.15) is 24.0 Å². The van der Waals surface area contributed by atoms with Crippen LogP contribution in [0.5, 0.6) is 0 Å². The lowest BCUT2D eigenvalue weighted by atomic mass is 9.75. The second-order valence-corrected chi connectivity index (χ2v) is 7.12. The molecule has 0 saturated heterocycles. The highest BCUT2D eigenvalue weighted by Crippen LogP contribution is 2.41. The molecule has 0 aromatic heterocycles. The van der Waals surface area contributed by atoms with Crippen LogP contribution in [0.3, 0.4) is 0 Å². The molecule has 0 bridgehead atoms. The van der Waals surface area contributed by atoms with Crippen molar-refractivity contribution < 1.29 is 24.5 Å². The monoisotopic (exact) mass is 413 g/mol. The number of ether oxygens (including phenoxy) is 1. The summed E-state index contributed by atoms with van der Waals surface area (Å²) in [5.74, 6) is -4.49. The van der Waals surface area contributed by atoms with Crippen LogP contribution in [0, 0.1) is 5.92 Å². The van der Waals surface area contributed by atoms with E-state index < -0.39 is 23.8 Å². The largest absolute Gasteiger partial charge is 0.481 e. The lowest BCUT2D eigenvalue weighted by Crippen LogP contribution is -2.35. The first kappa shape index (κ1) is 20.8. The molecule has 0 saturated carbocycles. The first-order valence-corrected chi connectivity index (χ1v) is 9.38. The minimum Gasteiger partial charge on any atom is -0.481 e. The number of nitrogens with zero attached hydrogens (tertiary/aromatic N) is 1. The predicted molar refractivity (Wildman–Crippen MR) is 109 cm³/mol. The van der Waals surface area contributed by atoms with E-state index in [1.807, 2.05) is 30.3 Å². The Morgan fingerprint density at radius 1 is 1.03 bits per heavy atom. The van der Waals surface area contributed by atoms with Gasteiger partial charge in [-0.15, -0.1) is 0 Å². The van der Waals surface area contributed by atoms with Gasteiger partial charge in [-0.1, -0.05) is 60.1 Å². The highest BCUT2D eigenvalue weighted by molar-refractivity contribution is 6.31. The number of hydrogen-bond donors (Lipinski definition) is 2. The molecule has 0 radical (unpaired) electrons. The van der Waals surface area contributed by atoms with Gasteiger partial charge in [0.2, 0.25) is 0 Å². The summed E-state index contributed by atoms with van der Waals surface area (Å²) in [6.45, 7) is 1.81. The molecule has 2 N–H and O–H groups in total. The van der Waals surface area contributed by atoms with E-state index in [1.165, 1.54) is 0 Å². The number of carboxylic acid groups (broad SMARTS) is 2. The smallest absolute Gasteiger partial charge is 0.334 e. The van der Waals surface area contributed by atoms with Crippen LogP contribution in [0.25, 0.3) is 0 Å². The number of hydrogen-bond acceptors (Lipinski definition) is 4. The van der Waals surface area contributed by atoms with Crippen molar-refractivity contribution in [1.29, 1.82) is 0 Å². The first-order valence-electron chi connectivity index (χ1n) is 9.00. The van der Waals surface area contributed by atoms with Crippen LogP contribution in [-0.4, -0.2) is 34.5 Å². The van der Waals surface area contributed by atoms with Gasteiger partial charge in [0.25, 0.3) is 0 Å². The van der Waals surface area contributed by atoms with E-state index in [4.69, 9.17) is 16.3 Å². The number of carboxylic acids is 2. The van der Waals surface area contributed by atoms with Gasteiger partial charge in [0.1, 0.15) is 5.92 Å². The molecule has 2 aromatic rings. The number of halogens is 1. The lowest BCUT2D eigenvalue weighted by Gasteiger charge is -2.30. The lowest BCUT2D eigenvalue weighted by molar-refractivity contribution is -0.140. The Hall–Kier alpha value is -2.96. The molecule has 1 aliphatic rings. The summed E-state index contributed by atoms with van der Waals surface area (Å²) in [4.78, 5) is 28.4. The first-order chi connectivity index (χ1) is 13.9. The molecule has 7 heteroatoms. The van der Waals surface area contributed by atoms with Gasteiger partial charge in [-0.3, -0.25) is 9.79 Å². The Morgan fingerprint density at radius 3 is 2.31 bits per heavy atom. The van der Waals surface area contributed by atoms with Crippen LogP contribution in [-0.2, 0) is 20.9 Å². The molecule has 3 rings (SSSR count). The molecule has 6 nitrogen and oxygen atoms in total. The van der Waals surface area contributed by atoms with Crippen molar-refractivity contribution in [2.45, 2.75) is 19.4 Å². The minimum absolute atomic E-state index is 0.0544. The highest BCUT2D eigenvalue weighted by atomic mass is 35.5. The van der Waals surface area contributed by atoms with Gasteiger partial charge in [-0.25, -0.2) is 4.79 Å². The molecular formula is C22H20ClNO5. The van der Waals surface area contributed by atoms with Crippen molar-refractivity contribution >= 4 is 29.3 Å². The SMILES string of the molecule is CC1=NC(COCc2ccccc2)=C(C(=O)O)C(c2ccccc2Cl)C1C(=O)O. The Balaban J connectivity index is 2.00. The number of rotatable bonds is 7. The zero-order valence-corrected chi connectivity index (χ0v) is 16.5. The van der Waals surface area contributed by atoms with E-state index >= 15 is 0 Å². The van der Waals surface area contributed by atoms with Crippen molar-refractivity contribution in [3.8, 4) is 0 Å². The number of aliphatic carboxylic acids is 2. The molecule has 2 unspecified atom stereocenters. The maximum atomic E-state index is 12.1. The third kappa shape index (κ3) is 4.55. The fourth-order valence-corrected chi connectivity index (χ4v) is 3.77. The van der Waals surface area contributed by atoms with Crippen molar-refractivity contribution in [2.24, 2.45) is 10.9 Å². The summed E-state index contributed by atoms with van der Waals surface area (Å²) in [6.07, 6.45) is 0. The van der Waals surface area contributed by atoms with Gasteiger partial charge in [0, 0.05) is 16.7 Å². The molecule has 0 spiro atoms. The van der Waals surface area contributed by atoms with Crippen LogP contribution >= 0.6 is 11.6 Å². The summed E-state index contributed by atoms with van der Waals surface area (Å²) in [7, 11) is 0. The predicted octanol–water partition coefficient (Wildman–Crippen LogP) is 4.15. The highest BCUT2D eigenvalue weighted by Gasteiger charge is 2.42. The fourth-order valence-electron chi connectivity index (χ4n) is 3.52. The maximum Gasteiger partial charge on any atom is 0.334 e.